The van der Waals surface area contributed by atoms with E-state index >= 15 is 0 Å². The highest BCUT2D eigenvalue weighted by molar-refractivity contribution is 7.99. The highest BCUT2D eigenvalue weighted by Gasteiger charge is 2.31. The van der Waals surface area contributed by atoms with E-state index in [1.54, 1.807) is 4.90 Å². The molecule has 0 aromatic rings. The molecule has 5 heteroatoms. The van der Waals surface area contributed by atoms with Gasteiger partial charge in [0.15, 0.2) is 0 Å². The number of rotatable bonds is 2. The lowest BCUT2D eigenvalue weighted by molar-refractivity contribution is -0.139. The molecule has 19 heavy (non-hydrogen) atoms. The molecule has 2 amide bonds. The molecule has 106 valence electrons. The van der Waals surface area contributed by atoms with Gasteiger partial charge in [0.05, 0.1) is 0 Å². The van der Waals surface area contributed by atoms with Gasteiger partial charge in [-0.1, -0.05) is 13.5 Å². The van der Waals surface area contributed by atoms with Crippen molar-refractivity contribution in [2.24, 2.45) is 5.92 Å². The first-order valence-corrected chi connectivity index (χ1v) is 7.98. The largest absolute Gasteiger partial charge is 0.341 e. The SMILES string of the molecule is C=CC(=O)N1CCC(C(=O)N2CCSC(C)C2)CC1. The van der Waals surface area contributed by atoms with Crippen molar-refractivity contribution in [3.63, 3.8) is 0 Å². The standard InChI is InChI=1S/C14H22N2O2S/c1-3-13(17)15-6-4-12(5-7-15)14(18)16-8-9-19-11(2)10-16/h3,11-12H,1,4-10H2,2H3. The highest BCUT2D eigenvalue weighted by atomic mass is 32.2. The Bertz CT molecular complexity index is 364. The van der Waals surface area contributed by atoms with Crippen molar-refractivity contribution in [3.8, 4) is 0 Å². The molecule has 2 heterocycles. The maximum atomic E-state index is 12.4. The van der Waals surface area contributed by atoms with E-state index in [0.717, 1.165) is 31.7 Å². The molecule has 2 aliphatic heterocycles. The van der Waals surface area contributed by atoms with Crippen molar-refractivity contribution in [2.45, 2.75) is 25.0 Å². The van der Waals surface area contributed by atoms with Crippen LogP contribution in [0, 0.1) is 5.92 Å². The Hall–Kier alpha value is -0.970. The average molecular weight is 282 g/mol. The van der Waals surface area contributed by atoms with Crippen LogP contribution in [0.5, 0.6) is 0 Å². The second kappa shape index (κ2) is 6.46. The van der Waals surface area contributed by atoms with Crippen molar-refractivity contribution >= 4 is 23.6 Å². The van der Waals surface area contributed by atoms with Crippen molar-refractivity contribution in [1.82, 2.24) is 9.80 Å². The minimum Gasteiger partial charge on any atom is -0.341 e. The lowest BCUT2D eigenvalue weighted by Gasteiger charge is -2.36. The van der Waals surface area contributed by atoms with Gasteiger partial charge in [0, 0.05) is 43.1 Å². The number of nitrogens with zero attached hydrogens (tertiary/aromatic N) is 2. The summed E-state index contributed by atoms with van der Waals surface area (Å²) in [6.07, 6.45) is 2.93. The van der Waals surface area contributed by atoms with Crippen LogP contribution in [-0.4, -0.2) is 58.8 Å². The first kappa shape index (κ1) is 14.4. The first-order valence-electron chi connectivity index (χ1n) is 6.93. The fourth-order valence-electron chi connectivity index (χ4n) is 2.75. The van der Waals surface area contributed by atoms with Crippen LogP contribution in [0.4, 0.5) is 0 Å². The summed E-state index contributed by atoms with van der Waals surface area (Å²) in [4.78, 5) is 27.7. The zero-order valence-electron chi connectivity index (χ0n) is 11.5. The van der Waals surface area contributed by atoms with E-state index in [1.807, 2.05) is 16.7 Å². The minimum absolute atomic E-state index is 0.0195. The summed E-state index contributed by atoms with van der Waals surface area (Å²) in [6, 6.07) is 0. The molecule has 1 unspecified atom stereocenters. The topological polar surface area (TPSA) is 40.6 Å². The fourth-order valence-corrected chi connectivity index (χ4v) is 3.77. The molecule has 0 saturated carbocycles. The molecule has 2 fully saturated rings. The molecule has 0 bridgehead atoms. The molecule has 0 spiro atoms. The van der Waals surface area contributed by atoms with Crippen LogP contribution in [0.2, 0.25) is 0 Å². The average Bonchev–Trinajstić information content (AvgIpc) is 2.46. The fraction of sp³-hybridized carbons (Fsp3) is 0.714. The second-order valence-corrected chi connectivity index (χ2v) is 6.82. The molecule has 1 atom stereocenters. The van der Waals surface area contributed by atoms with E-state index in [0.29, 0.717) is 18.3 Å². The molecule has 4 nitrogen and oxygen atoms in total. The molecule has 0 aromatic carbocycles. The Morgan fingerprint density at radius 3 is 2.47 bits per heavy atom. The lowest BCUT2D eigenvalue weighted by Crippen LogP contribution is -2.47. The number of amides is 2. The van der Waals surface area contributed by atoms with E-state index in [-0.39, 0.29) is 17.7 Å². The normalized spacial score (nSPS) is 25.2. The van der Waals surface area contributed by atoms with E-state index in [1.165, 1.54) is 6.08 Å². The van der Waals surface area contributed by atoms with Gasteiger partial charge in [-0.15, -0.1) is 0 Å². The Morgan fingerprint density at radius 2 is 1.89 bits per heavy atom. The van der Waals surface area contributed by atoms with Gasteiger partial charge < -0.3 is 9.80 Å². The summed E-state index contributed by atoms with van der Waals surface area (Å²) < 4.78 is 0. The van der Waals surface area contributed by atoms with Crippen molar-refractivity contribution < 1.29 is 9.59 Å². The van der Waals surface area contributed by atoms with Gasteiger partial charge in [0.1, 0.15) is 0 Å². The maximum absolute atomic E-state index is 12.4. The molecular formula is C14H22N2O2S. The van der Waals surface area contributed by atoms with Crippen LogP contribution in [0.15, 0.2) is 12.7 Å². The molecule has 0 radical (unpaired) electrons. The Balaban J connectivity index is 1.85. The van der Waals surface area contributed by atoms with Crippen LogP contribution in [-0.2, 0) is 9.59 Å². The third kappa shape index (κ3) is 3.53. The molecule has 2 saturated heterocycles. The quantitative estimate of drug-likeness (QED) is 0.718. The zero-order valence-corrected chi connectivity index (χ0v) is 12.3. The predicted molar refractivity (Wildman–Crippen MR) is 78.0 cm³/mol. The van der Waals surface area contributed by atoms with Crippen LogP contribution in [0.1, 0.15) is 19.8 Å². The number of hydrogen-bond donors (Lipinski definition) is 0. The highest BCUT2D eigenvalue weighted by Crippen LogP contribution is 2.24. The van der Waals surface area contributed by atoms with Gasteiger partial charge in [-0.3, -0.25) is 9.59 Å². The zero-order chi connectivity index (χ0) is 13.8. The Morgan fingerprint density at radius 1 is 1.21 bits per heavy atom. The maximum Gasteiger partial charge on any atom is 0.245 e. The monoisotopic (exact) mass is 282 g/mol. The molecule has 0 N–H and O–H groups in total. The van der Waals surface area contributed by atoms with Gasteiger partial charge in [-0.05, 0) is 18.9 Å². The van der Waals surface area contributed by atoms with Crippen molar-refractivity contribution in [2.75, 3.05) is 31.9 Å². The Labute approximate surface area is 119 Å². The number of hydrogen-bond acceptors (Lipinski definition) is 3. The number of thioether (sulfide) groups is 1. The molecule has 2 rings (SSSR count). The lowest BCUT2D eigenvalue weighted by atomic mass is 9.95. The molecular weight excluding hydrogens is 260 g/mol. The number of likely N-dealkylation sites (tertiary alicyclic amines) is 1. The van der Waals surface area contributed by atoms with E-state index in [9.17, 15) is 9.59 Å². The van der Waals surface area contributed by atoms with Crippen molar-refractivity contribution in [1.29, 1.82) is 0 Å². The third-order valence-electron chi connectivity index (χ3n) is 3.88. The first-order chi connectivity index (χ1) is 9.11. The summed E-state index contributed by atoms with van der Waals surface area (Å²) in [5, 5.41) is 0.542. The minimum atomic E-state index is -0.0195. The van der Waals surface area contributed by atoms with E-state index in [4.69, 9.17) is 0 Å². The van der Waals surface area contributed by atoms with Crippen molar-refractivity contribution in [3.05, 3.63) is 12.7 Å². The summed E-state index contributed by atoms with van der Waals surface area (Å²) in [5.41, 5.74) is 0. The molecule has 0 aromatic heterocycles. The van der Waals surface area contributed by atoms with Gasteiger partial charge in [0.25, 0.3) is 0 Å². The second-order valence-electron chi connectivity index (χ2n) is 5.27. The third-order valence-corrected chi connectivity index (χ3v) is 5.02. The summed E-state index contributed by atoms with van der Waals surface area (Å²) in [7, 11) is 0. The molecule has 2 aliphatic rings. The number of piperidine rings is 1. The van der Waals surface area contributed by atoms with Crippen LogP contribution < -0.4 is 0 Å². The van der Waals surface area contributed by atoms with Gasteiger partial charge >= 0.3 is 0 Å². The summed E-state index contributed by atoms with van der Waals surface area (Å²) in [5.74, 6) is 1.41. The van der Waals surface area contributed by atoms with Crippen LogP contribution in [0.25, 0.3) is 0 Å². The predicted octanol–water partition coefficient (Wildman–Crippen LogP) is 1.37. The van der Waals surface area contributed by atoms with Crippen LogP contribution in [0.3, 0.4) is 0 Å². The van der Waals surface area contributed by atoms with E-state index < -0.39 is 0 Å². The Kier molecular flexibility index (Phi) is 4.91. The van der Waals surface area contributed by atoms with E-state index in [2.05, 4.69) is 13.5 Å². The van der Waals surface area contributed by atoms with Gasteiger partial charge in [0.2, 0.25) is 11.8 Å². The summed E-state index contributed by atoms with van der Waals surface area (Å²) in [6.45, 7) is 8.78. The smallest absolute Gasteiger partial charge is 0.245 e. The van der Waals surface area contributed by atoms with Gasteiger partial charge in [-0.25, -0.2) is 0 Å². The summed E-state index contributed by atoms with van der Waals surface area (Å²) >= 11 is 1.94. The van der Waals surface area contributed by atoms with Crippen LogP contribution >= 0.6 is 11.8 Å². The number of carbonyl (C=O) groups is 2. The van der Waals surface area contributed by atoms with Gasteiger partial charge in [-0.2, -0.15) is 11.8 Å². The number of carbonyl (C=O) groups excluding carboxylic acids is 2. The molecule has 0 aliphatic carbocycles.